The van der Waals surface area contributed by atoms with Crippen LogP contribution in [0.5, 0.6) is 0 Å². The zero-order valence-electron chi connectivity index (χ0n) is 71.4. The van der Waals surface area contributed by atoms with Gasteiger partial charge in [-0.3, -0.25) is 29.9 Å². The molecule has 6 aliphatic rings. The molecule has 12 heterocycles. The first-order valence-electron chi connectivity index (χ1n) is 40.5. The molecule has 0 saturated carbocycles. The maximum atomic E-state index is 10.1. The lowest BCUT2D eigenvalue weighted by atomic mass is 10.00. The van der Waals surface area contributed by atoms with E-state index in [0.29, 0.717) is 61.8 Å². The van der Waals surface area contributed by atoms with Gasteiger partial charge < -0.3 is 82.7 Å². The highest BCUT2D eigenvalue weighted by molar-refractivity contribution is 5.50. The van der Waals surface area contributed by atoms with Gasteiger partial charge in [-0.25, -0.2) is 0 Å². The lowest BCUT2D eigenvalue weighted by molar-refractivity contribution is -0.0928. The Bertz CT molecular complexity index is 3210. The normalized spacial score (nSPS) is 20.1. The summed E-state index contributed by atoms with van der Waals surface area (Å²) >= 11 is 0. The minimum Gasteiger partial charge on any atom is -0.388 e. The molecule has 0 bridgehead atoms. The molecule has 6 saturated heterocycles. The first-order valence-corrected chi connectivity index (χ1v) is 40.5. The van der Waals surface area contributed by atoms with Crippen LogP contribution in [0.25, 0.3) is 0 Å². The standard InChI is InChI=1S/3C15H25N3O.2C15H24N2O2.C12H18N2O/c3*1-12(2)15-6-5-13(9-16-15)18-7-8-19-14(11-18)10-17(3)4;2*1-11(2)13-6-5-12(9-16-13)17-7-8-19-14(10-17)15(3,4)18;1-10(2)12-4-3-11(9-13-12)14-5-7-15-8-6-14/h3*5-6,9,12,14H,7-8,10-11H2,1-4H3;2*5-6,9,11,14,18H,7-8,10H2,1-4H3;3-4,9-10H,5-8H2,1-2H3/t2*14-;;14-;;/m10.0../s1. The van der Waals surface area contributed by atoms with Crippen molar-refractivity contribution in [3.05, 3.63) is 144 Å². The highest BCUT2D eigenvalue weighted by Gasteiger charge is 2.35. The van der Waals surface area contributed by atoms with Gasteiger partial charge in [0.05, 0.1) is 147 Å². The average molecular weight is 1530 g/mol. The number of aromatic nitrogens is 6. The third-order valence-electron chi connectivity index (χ3n) is 20.2. The van der Waals surface area contributed by atoms with Gasteiger partial charge in [0.25, 0.3) is 0 Å². The van der Waals surface area contributed by atoms with Crippen molar-refractivity contribution in [2.75, 3.05) is 216 Å². The van der Waals surface area contributed by atoms with Gasteiger partial charge in [-0.2, -0.15) is 0 Å². The van der Waals surface area contributed by atoms with E-state index >= 15 is 0 Å². The molecule has 6 aromatic rings. The maximum Gasteiger partial charge on any atom is 0.103 e. The predicted octanol–water partition coefficient (Wildman–Crippen LogP) is 12.3. The minimum absolute atomic E-state index is 0.161. The molecule has 110 heavy (non-hydrogen) atoms. The Morgan fingerprint density at radius 3 is 0.700 bits per heavy atom. The molecule has 6 fully saturated rings. The van der Waals surface area contributed by atoms with Gasteiger partial charge in [-0.1, -0.05) is 83.1 Å². The van der Waals surface area contributed by atoms with E-state index in [1.165, 1.54) is 22.7 Å². The van der Waals surface area contributed by atoms with Gasteiger partial charge in [0.1, 0.15) is 12.2 Å². The number of ether oxygens (including phenoxy) is 6. The largest absolute Gasteiger partial charge is 0.388 e. The highest BCUT2D eigenvalue weighted by Crippen LogP contribution is 2.29. The molecule has 2 unspecified atom stereocenters. The first-order chi connectivity index (χ1) is 52.2. The van der Waals surface area contributed by atoms with Crippen molar-refractivity contribution >= 4 is 34.1 Å². The lowest BCUT2D eigenvalue weighted by Gasteiger charge is -2.39. The van der Waals surface area contributed by atoms with E-state index in [1.807, 2.05) is 37.2 Å². The molecule has 0 aromatic carbocycles. The fourth-order valence-corrected chi connectivity index (χ4v) is 13.4. The van der Waals surface area contributed by atoms with Gasteiger partial charge in [0.2, 0.25) is 0 Å². The zero-order valence-corrected chi connectivity index (χ0v) is 71.4. The Balaban J connectivity index is 0.000000184. The van der Waals surface area contributed by atoms with Crippen LogP contribution in [0.3, 0.4) is 0 Å². The maximum absolute atomic E-state index is 10.1. The molecule has 0 spiro atoms. The van der Waals surface area contributed by atoms with E-state index in [2.05, 4.69) is 272 Å². The summed E-state index contributed by atoms with van der Waals surface area (Å²) in [7, 11) is 12.5. The molecule has 23 nitrogen and oxygen atoms in total. The molecule has 12 rings (SSSR count). The molecule has 2 N–H and O–H groups in total. The van der Waals surface area contributed by atoms with Crippen molar-refractivity contribution in [2.45, 2.75) is 188 Å². The number of anilines is 6. The summed E-state index contributed by atoms with van der Waals surface area (Å²) in [6, 6.07) is 25.6. The van der Waals surface area contributed by atoms with Crippen LogP contribution in [0.1, 0.15) is 180 Å². The van der Waals surface area contributed by atoms with Crippen molar-refractivity contribution in [1.29, 1.82) is 0 Å². The number of hydrogen-bond acceptors (Lipinski definition) is 23. The number of hydrogen-bond donors (Lipinski definition) is 2. The van der Waals surface area contributed by atoms with Gasteiger partial charge in [-0.05, 0) is 178 Å². The van der Waals surface area contributed by atoms with E-state index in [1.54, 1.807) is 27.7 Å². The molecule has 6 aliphatic heterocycles. The van der Waals surface area contributed by atoms with Gasteiger partial charge in [0, 0.05) is 132 Å². The van der Waals surface area contributed by atoms with E-state index < -0.39 is 11.2 Å². The Hall–Kier alpha value is -6.74. The SMILES string of the molecule is CC(C)c1ccc(N2CCOC(C(C)(C)O)C2)cn1.CC(C)c1ccc(N2CCOC(CN(C)C)C2)cn1.CC(C)c1ccc(N2CCOCC2)cn1.CC(C)c1ccc(N2CCO[C@@H](CN(C)C)C2)cn1.CC(C)c1ccc(N2CCO[C@H](C(C)(C)O)C2)cn1.CC(C)c1ccc(N2CCO[C@H](CN(C)C)C2)cn1. The summed E-state index contributed by atoms with van der Waals surface area (Å²) < 4.78 is 34.0. The molecule has 0 aliphatic carbocycles. The van der Waals surface area contributed by atoms with Crippen molar-refractivity contribution in [1.82, 2.24) is 44.6 Å². The topological polar surface area (TPSA) is 202 Å². The second-order valence-corrected chi connectivity index (χ2v) is 33.7. The predicted molar refractivity (Wildman–Crippen MR) is 451 cm³/mol. The molecular formula is C87H141N15O8. The van der Waals surface area contributed by atoms with Crippen LogP contribution >= 0.6 is 0 Å². The second-order valence-electron chi connectivity index (χ2n) is 33.7. The number of morpholine rings is 6. The molecule has 0 radical (unpaired) electrons. The molecular weight excluding hydrogens is 1380 g/mol. The number of rotatable bonds is 20. The summed E-state index contributed by atoms with van der Waals surface area (Å²) in [4.78, 5) is 47.5. The van der Waals surface area contributed by atoms with Crippen LogP contribution < -0.4 is 29.4 Å². The van der Waals surface area contributed by atoms with E-state index in [9.17, 15) is 10.2 Å². The Labute approximate surface area is 662 Å². The van der Waals surface area contributed by atoms with Gasteiger partial charge in [0.15, 0.2) is 0 Å². The molecule has 23 heteroatoms. The third-order valence-corrected chi connectivity index (χ3v) is 20.2. The van der Waals surface area contributed by atoms with Crippen molar-refractivity contribution in [3.63, 3.8) is 0 Å². The van der Waals surface area contributed by atoms with Gasteiger partial charge >= 0.3 is 0 Å². The molecule has 6 aromatic heterocycles. The average Bonchev–Trinajstić information content (AvgIpc) is 0.842. The van der Waals surface area contributed by atoms with E-state index in [-0.39, 0.29) is 30.5 Å². The fourth-order valence-electron chi connectivity index (χ4n) is 13.4. The third kappa shape index (κ3) is 30.3. The number of pyridine rings is 6. The van der Waals surface area contributed by atoms with Crippen LogP contribution in [0.2, 0.25) is 0 Å². The number of likely N-dealkylation sites (N-methyl/N-ethyl adjacent to an activating group) is 3. The summed E-state index contributed by atoms with van der Waals surface area (Å²) in [5.41, 5.74) is 12.2. The lowest BCUT2D eigenvalue weighted by Crippen LogP contribution is -2.52. The van der Waals surface area contributed by atoms with Gasteiger partial charge in [-0.15, -0.1) is 0 Å². The molecule has 0 amide bonds. The van der Waals surface area contributed by atoms with Crippen LogP contribution in [0, 0.1) is 0 Å². The summed E-state index contributed by atoms with van der Waals surface area (Å²) in [5, 5.41) is 20.1. The van der Waals surface area contributed by atoms with Crippen molar-refractivity contribution < 1.29 is 38.6 Å². The quantitative estimate of drug-likeness (QED) is 0.0730. The summed E-state index contributed by atoms with van der Waals surface area (Å²) in [6.45, 7) is 52.0. The number of nitrogens with zero attached hydrogens (tertiary/aromatic N) is 15. The molecule has 5 atom stereocenters. The summed E-state index contributed by atoms with van der Waals surface area (Å²) in [5.74, 6) is 2.86. The second kappa shape index (κ2) is 44.6. The van der Waals surface area contributed by atoms with E-state index in [0.717, 1.165) is 164 Å². The highest BCUT2D eigenvalue weighted by atomic mass is 16.5. The summed E-state index contributed by atoms with van der Waals surface area (Å²) in [6.07, 6.45) is 12.3. The van der Waals surface area contributed by atoms with E-state index in [4.69, 9.17) is 28.4 Å². The Morgan fingerprint density at radius 2 is 0.509 bits per heavy atom. The Kier molecular flexibility index (Phi) is 36.7. The number of aliphatic hydroxyl groups is 2. The van der Waals surface area contributed by atoms with Crippen molar-refractivity contribution in [2.24, 2.45) is 0 Å². The van der Waals surface area contributed by atoms with Crippen LogP contribution in [-0.4, -0.2) is 283 Å². The first kappa shape index (κ1) is 90.5. The van der Waals surface area contributed by atoms with Crippen LogP contribution in [-0.2, 0) is 28.4 Å². The Morgan fingerprint density at radius 1 is 0.309 bits per heavy atom. The molecule has 612 valence electrons. The fraction of sp³-hybridized carbons (Fsp3) is 0.655. The minimum atomic E-state index is -0.816. The zero-order chi connectivity index (χ0) is 80.2. The smallest absolute Gasteiger partial charge is 0.103 e. The van der Waals surface area contributed by atoms with Crippen molar-refractivity contribution in [3.8, 4) is 0 Å². The van der Waals surface area contributed by atoms with Crippen LogP contribution in [0.4, 0.5) is 34.1 Å². The van der Waals surface area contributed by atoms with Crippen LogP contribution in [0.15, 0.2) is 110 Å². The monoisotopic (exact) mass is 1520 g/mol.